The van der Waals surface area contributed by atoms with Gasteiger partial charge in [-0.05, 0) is 30.9 Å². The van der Waals surface area contributed by atoms with Crippen LogP contribution in [0.1, 0.15) is 32.8 Å². The Morgan fingerprint density at radius 3 is 2.42 bits per heavy atom. The van der Waals surface area contributed by atoms with Crippen LogP contribution in [0, 0.1) is 5.41 Å². The maximum absolute atomic E-state index is 12.2. The standard InChI is InChI=1S/C16H26N2O/c1-4-18(13-16(2,3)12-17)15(19)11-10-14-8-6-5-7-9-14/h5-9H,4,10-13,17H2,1-3H3. The predicted molar refractivity (Wildman–Crippen MR) is 79.9 cm³/mol. The maximum Gasteiger partial charge on any atom is 0.222 e. The molecule has 2 N–H and O–H groups in total. The zero-order valence-electron chi connectivity index (χ0n) is 12.4. The molecule has 1 amide bonds. The molecule has 0 aliphatic rings. The quantitative estimate of drug-likeness (QED) is 0.820. The number of carbonyl (C=O) groups is 1. The minimum atomic E-state index is -0.0155. The Morgan fingerprint density at radius 2 is 1.89 bits per heavy atom. The first kappa shape index (κ1) is 15.7. The average molecular weight is 262 g/mol. The van der Waals surface area contributed by atoms with E-state index in [1.165, 1.54) is 5.56 Å². The zero-order chi connectivity index (χ0) is 14.3. The van der Waals surface area contributed by atoms with E-state index in [1.807, 2.05) is 30.0 Å². The van der Waals surface area contributed by atoms with Crippen molar-refractivity contribution in [1.29, 1.82) is 0 Å². The summed E-state index contributed by atoms with van der Waals surface area (Å²) in [6.45, 7) is 8.29. The van der Waals surface area contributed by atoms with Crippen molar-refractivity contribution in [3.05, 3.63) is 35.9 Å². The third-order valence-electron chi connectivity index (χ3n) is 3.38. The molecule has 0 aromatic heterocycles. The van der Waals surface area contributed by atoms with Gasteiger partial charge in [-0.15, -0.1) is 0 Å². The summed E-state index contributed by atoms with van der Waals surface area (Å²) >= 11 is 0. The van der Waals surface area contributed by atoms with Crippen molar-refractivity contribution in [2.24, 2.45) is 11.1 Å². The lowest BCUT2D eigenvalue weighted by Gasteiger charge is -2.31. The van der Waals surface area contributed by atoms with Crippen LogP contribution in [0.4, 0.5) is 0 Å². The lowest BCUT2D eigenvalue weighted by molar-refractivity contribution is -0.132. The first-order chi connectivity index (χ1) is 8.98. The van der Waals surface area contributed by atoms with Gasteiger partial charge in [0, 0.05) is 19.5 Å². The van der Waals surface area contributed by atoms with Gasteiger partial charge in [-0.3, -0.25) is 4.79 Å². The highest BCUT2D eigenvalue weighted by molar-refractivity contribution is 5.76. The molecule has 106 valence electrons. The summed E-state index contributed by atoms with van der Waals surface area (Å²) in [5.74, 6) is 0.216. The fraction of sp³-hybridized carbons (Fsp3) is 0.562. The molecule has 0 spiro atoms. The highest BCUT2D eigenvalue weighted by Gasteiger charge is 2.22. The Kier molecular flexibility index (Phi) is 6.03. The van der Waals surface area contributed by atoms with E-state index in [1.54, 1.807) is 0 Å². The second-order valence-electron chi connectivity index (χ2n) is 5.76. The molecular weight excluding hydrogens is 236 g/mol. The second-order valence-corrected chi connectivity index (χ2v) is 5.76. The summed E-state index contributed by atoms with van der Waals surface area (Å²) in [6, 6.07) is 10.1. The topological polar surface area (TPSA) is 46.3 Å². The maximum atomic E-state index is 12.2. The smallest absolute Gasteiger partial charge is 0.222 e. The van der Waals surface area contributed by atoms with E-state index in [9.17, 15) is 4.79 Å². The van der Waals surface area contributed by atoms with Crippen molar-refractivity contribution >= 4 is 5.91 Å². The molecule has 3 heteroatoms. The van der Waals surface area contributed by atoms with Gasteiger partial charge in [0.25, 0.3) is 0 Å². The molecule has 0 radical (unpaired) electrons. The van der Waals surface area contributed by atoms with Gasteiger partial charge in [0.2, 0.25) is 5.91 Å². The molecule has 0 heterocycles. The number of aryl methyl sites for hydroxylation is 1. The van der Waals surface area contributed by atoms with Gasteiger partial charge in [0.1, 0.15) is 0 Å². The molecule has 0 fully saturated rings. The molecule has 1 aromatic rings. The van der Waals surface area contributed by atoms with Crippen LogP contribution in [0.3, 0.4) is 0 Å². The van der Waals surface area contributed by atoms with E-state index >= 15 is 0 Å². The normalized spacial score (nSPS) is 11.4. The first-order valence-corrected chi connectivity index (χ1v) is 7.00. The number of amides is 1. The number of nitrogens with zero attached hydrogens (tertiary/aromatic N) is 1. The number of hydrogen-bond donors (Lipinski definition) is 1. The highest BCUT2D eigenvalue weighted by atomic mass is 16.2. The number of nitrogens with two attached hydrogens (primary N) is 1. The van der Waals surface area contributed by atoms with Crippen molar-refractivity contribution < 1.29 is 4.79 Å². The van der Waals surface area contributed by atoms with Crippen molar-refractivity contribution in [3.8, 4) is 0 Å². The van der Waals surface area contributed by atoms with Crippen molar-refractivity contribution in [3.63, 3.8) is 0 Å². The van der Waals surface area contributed by atoms with E-state index < -0.39 is 0 Å². The lowest BCUT2D eigenvalue weighted by atomic mass is 9.93. The molecule has 0 atom stereocenters. The van der Waals surface area contributed by atoms with Gasteiger partial charge in [-0.25, -0.2) is 0 Å². The van der Waals surface area contributed by atoms with Crippen LogP contribution in [-0.2, 0) is 11.2 Å². The van der Waals surface area contributed by atoms with Gasteiger partial charge in [0.05, 0.1) is 0 Å². The van der Waals surface area contributed by atoms with Crippen LogP contribution in [0.25, 0.3) is 0 Å². The third kappa shape index (κ3) is 5.43. The molecule has 3 nitrogen and oxygen atoms in total. The molecule has 1 rings (SSSR count). The lowest BCUT2D eigenvalue weighted by Crippen LogP contribution is -2.42. The summed E-state index contributed by atoms with van der Waals surface area (Å²) < 4.78 is 0. The summed E-state index contributed by atoms with van der Waals surface area (Å²) in [6.07, 6.45) is 1.37. The Balaban J connectivity index is 2.50. The van der Waals surface area contributed by atoms with Crippen molar-refractivity contribution in [1.82, 2.24) is 4.90 Å². The summed E-state index contributed by atoms with van der Waals surface area (Å²) in [5, 5.41) is 0. The number of rotatable bonds is 7. The Hall–Kier alpha value is -1.35. The monoisotopic (exact) mass is 262 g/mol. The highest BCUT2D eigenvalue weighted by Crippen LogP contribution is 2.16. The van der Waals surface area contributed by atoms with Gasteiger partial charge >= 0.3 is 0 Å². The van der Waals surface area contributed by atoms with Gasteiger partial charge in [-0.2, -0.15) is 0 Å². The summed E-state index contributed by atoms with van der Waals surface area (Å²) in [5.41, 5.74) is 6.93. The van der Waals surface area contributed by atoms with Crippen LogP contribution >= 0.6 is 0 Å². The molecule has 0 aliphatic carbocycles. The fourth-order valence-electron chi connectivity index (χ4n) is 2.01. The van der Waals surface area contributed by atoms with Crippen LogP contribution in [-0.4, -0.2) is 30.4 Å². The van der Waals surface area contributed by atoms with Gasteiger partial charge in [-0.1, -0.05) is 44.2 Å². The van der Waals surface area contributed by atoms with Crippen LogP contribution < -0.4 is 5.73 Å². The van der Waals surface area contributed by atoms with E-state index in [0.29, 0.717) is 13.0 Å². The number of benzene rings is 1. The van der Waals surface area contributed by atoms with Crippen LogP contribution in [0.15, 0.2) is 30.3 Å². The molecular formula is C16H26N2O. The Bertz CT molecular complexity index is 387. The van der Waals surface area contributed by atoms with Gasteiger partial charge in [0.15, 0.2) is 0 Å². The van der Waals surface area contributed by atoms with Crippen LogP contribution in [0.5, 0.6) is 0 Å². The van der Waals surface area contributed by atoms with Crippen molar-refractivity contribution in [2.45, 2.75) is 33.6 Å². The predicted octanol–water partition coefficient (Wildman–Crippen LogP) is 2.45. The van der Waals surface area contributed by atoms with Crippen molar-refractivity contribution in [2.75, 3.05) is 19.6 Å². The average Bonchev–Trinajstić information content (AvgIpc) is 2.43. The zero-order valence-corrected chi connectivity index (χ0v) is 12.4. The molecule has 0 aliphatic heterocycles. The minimum Gasteiger partial charge on any atom is -0.342 e. The Labute approximate surface area is 116 Å². The first-order valence-electron chi connectivity index (χ1n) is 7.00. The van der Waals surface area contributed by atoms with E-state index in [4.69, 9.17) is 5.73 Å². The van der Waals surface area contributed by atoms with E-state index in [2.05, 4.69) is 26.0 Å². The molecule has 0 saturated carbocycles. The largest absolute Gasteiger partial charge is 0.342 e. The SMILES string of the molecule is CCN(CC(C)(C)CN)C(=O)CCc1ccccc1. The van der Waals surface area contributed by atoms with E-state index in [-0.39, 0.29) is 11.3 Å². The summed E-state index contributed by atoms with van der Waals surface area (Å²) in [4.78, 5) is 14.1. The van der Waals surface area contributed by atoms with E-state index in [0.717, 1.165) is 19.5 Å². The fourth-order valence-corrected chi connectivity index (χ4v) is 2.01. The number of carbonyl (C=O) groups excluding carboxylic acids is 1. The number of hydrogen-bond acceptors (Lipinski definition) is 2. The van der Waals surface area contributed by atoms with Crippen LogP contribution in [0.2, 0.25) is 0 Å². The molecule has 19 heavy (non-hydrogen) atoms. The second kappa shape index (κ2) is 7.29. The third-order valence-corrected chi connectivity index (χ3v) is 3.38. The molecule has 0 unspecified atom stereocenters. The van der Waals surface area contributed by atoms with Gasteiger partial charge < -0.3 is 10.6 Å². The Morgan fingerprint density at radius 1 is 1.26 bits per heavy atom. The molecule has 1 aromatic carbocycles. The molecule has 0 bridgehead atoms. The summed E-state index contributed by atoms with van der Waals surface area (Å²) in [7, 11) is 0. The molecule has 0 saturated heterocycles. The minimum absolute atomic E-state index is 0.0155.